The second-order valence-corrected chi connectivity index (χ2v) is 3.19. The van der Waals surface area contributed by atoms with Crippen LogP contribution in [0.1, 0.15) is 12.8 Å². The van der Waals surface area contributed by atoms with Crippen molar-refractivity contribution in [2.24, 2.45) is 5.92 Å². The molecule has 0 aromatic heterocycles. The van der Waals surface area contributed by atoms with Gasteiger partial charge in [-0.1, -0.05) is 0 Å². The fraction of sp³-hybridized carbons (Fsp3) is 0.714. The van der Waals surface area contributed by atoms with Gasteiger partial charge in [0.05, 0.1) is 0 Å². The third-order valence-corrected chi connectivity index (χ3v) is 1.80. The summed E-state index contributed by atoms with van der Waals surface area (Å²) in [5.74, 6) is 0.499. The molecule has 0 bridgehead atoms. The summed E-state index contributed by atoms with van der Waals surface area (Å²) < 4.78 is 40.5. The monoisotopic (exact) mass is 218 g/mol. The largest absolute Gasteiger partial charge is 1.00 e. The molecular weight excluding hydrogens is 207 g/mol. The fourth-order valence-corrected chi connectivity index (χ4v) is 0.736. The molecule has 0 N–H and O–H groups in total. The van der Waals surface area contributed by atoms with Gasteiger partial charge in [0.1, 0.15) is 0 Å². The van der Waals surface area contributed by atoms with Crippen LogP contribution in [0.2, 0.25) is 0 Å². The zero-order valence-corrected chi connectivity index (χ0v) is 10.9. The third kappa shape index (κ3) is 6.30. The van der Waals surface area contributed by atoms with E-state index in [0.29, 0.717) is 12.5 Å². The van der Waals surface area contributed by atoms with Gasteiger partial charge in [-0.15, -0.1) is 12.1 Å². The van der Waals surface area contributed by atoms with E-state index in [4.69, 9.17) is 4.74 Å². The van der Waals surface area contributed by atoms with Crippen molar-refractivity contribution in [2.75, 3.05) is 13.2 Å². The quantitative estimate of drug-likeness (QED) is 0.558. The molecular formula is C7H11BF3KO. The number of halogens is 3. The zero-order chi connectivity index (χ0) is 9.19. The van der Waals surface area contributed by atoms with Crippen molar-refractivity contribution >= 4 is 6.98 Å². The molecule has 70 valence electrons. The number of rotatable bonds is 5. The van der Waals surface area contributed by atoms with Crippen LogP contribution in [0.15, 0.2) is 12.1 Å². The minimum Gasteiger partial charge on any atom is -0.445 e. The fourth-order valence-electron chi connectivity index (χ4n) is 0.736. The molecule has 13 heavy (non-hydrogen) atoms. The van der Waals surface area contributed by atoms with Gasteiger partial charge in [0.2, 0.25) is 0 Å². The van der Waals surface area contributed by atoms with Gasteiger partial charge in [-0.2, -0.15) is 0 Å². The molecule has 1 nitrogen and oxygen atoms in total. The minimum atomic E-state index is -4.90. The summed E-state index contributed by atoms with van der Waals surface area (Å²) in [5, 5.41) is 0. The molecule has 0 saturated heterocycles. The van der Waals surface area contributed by atoms with Crippen LogP contribution in [0.3, 0.4) is 0 Å². The van der Waals surface area contributed by atoms with Crippen LogP contribution in [0.4, 0.5) is 12.9 Å². The summed E-state index contributed by atoms with van der Waals surface area (Å²) in [6.45, 7) is -1.89. The molecule has 1 saturated carbocycles. The Kier molecular flexibility index (Phi) is 6.47. The molecule has 0 aromatic carbocycles. The summed E-state index contributed by atoms with van der Waals surface area (Å²) in [6, 6.07) is 0. The number of hydrogen-bond acceptors (Lipinski definition) is 1. The Morgan fingerprint density at radius 3 is 2.31 bits per heavy atom. The Morgan fingerprint density at radius 2 is 1.92 bits per heavy atom. The van der Waals surface area contributed by atoms with Gasteiger partial charge in [0, 0.05) is 13.2 Å². The Hall–Kier alpha value is 1.19. The molecule has 1 rings (SSSR count). The summed E-state index contributed by atoms with van der Waals surface area (Å²) >= 11 is 0. The topological polar surface area (TPSA) is 9.23 Å². The van der Waals surface area contributed by atoms with E-state index < -0.39 is 12.4 Å². The average Bonchev–Trinajstić information content (AvgIpc) is 2.69. The van der Waals surface area contributed by atoms with Crippen LogP contribution in [0.25, 0.3) is 0 Å². The number of hydrogen-bond donors (Lipinski definition) is 0. The van der Waals surface area contributed by atoms with E-state index in [1.165, 1.54) is 0 Å². The summed E-state index contributed by atoms with van der Waals surface area (Å²) in [4.78, 5) is 0. The van der Waals surface area contributed by atoms with Gasteiger partial charge in [-0.25, -0.2) is 0 Å². The van der Waals surface area contributed by atoms with Crippen molar-refractivity contribution in [3.8, 4) is 0 Å². The van der Waals surface area contributed by atoms with Crippen molar-refractivity contribution in [1.29, 1.82) is 0 Å². The van der Waals surface area contributed by atoms with E-state index in [9.17, 15) is 12.9 Å². The van der Waals surface area contributed by atoms with Gasteiger partial charge in [0.25, 0.3) is 0 Å². The van der Waals surface area contributed by atoms with Gasteiger partial charge in [-0.3, -0.25) is 0 Å². The maximum Gasteiger partial charge on any atom is 1.00 e. The molecule has 0 amide bonds. The first kappa shape index (κ1) is 14.2. The van der Waals surface area contributed by atoms with Gasteiger partial charge >= 0.3 is 58.4 Å². The molecule has 1 aliphatic rings. The molecule has 0 unspecified atom stereocenters. The van der Waals surface area contributed by atoms with Crippen molar-refractivity contribution in [2.45, 2.75) is 12.8 Å². The van der Waals surface area contributed by atoms with Crippen molar-refractivity contribution in [3.05, 3.63) is 12.1 Å². The van der Waals surface area contributed by atoms with Crippen LogP contribution in [-0.2, 0) is 4.74 Å². The van der Waals surface area contributed by atoms with Gasteiger partial charge < -0.3 is 17.7 Å². The van der Waals surface area contributed by atoms with Crippen LogP contribution in [0.5, 0.6) is 0 Å². The molecule has 1 fully saturated rings. The second kappa shape index (κ2) is 5.92. The Balaban J connectivity index is 0.00000144. The molecule has 6 heteroatoms. The van der Waals surface area contributed by atoms with E-state index >= 15 is 0 Å². The molecule has 0 spiro atoms. The van der Waals surface area contributed by atoms with E-state index in [1.54, 1.807) is 0 Å². The maximum absolute atomic E-state index is 11.9. The summed E-state index contributed by atoms with van der Waals surface area (Å²) in [7, 11) is 0. The van der Waals surface area contributed by atoms with Crippen LogP contribution < -0.4 is 51.4 Å². The predicted octanol–water partition coefficient (Wildman–Crippen LogP) is -0.640. The molecule has 0 atom stereocenters. The first-order valence-electron chi connectivity index (χ1n) is 3.95. The molecule has 0 radical (unpaired) electrons. The normalized spacial score (nSPS) is 16.5. The minimum absolute atomic E-state index is 0. The first-order valence-corrected chi connectivity index (χ1v) is 3.95. The zero-order valence-electron chi connectivity index (χ0n) is 7.73. The van der Waals surface area contributed by atoms with Gasteiger partial charge in [-0.05, 0) is 18.8 Å². The summed E-state index contributed by atoms with van der Waals surface area (Å²) in [6.07, 6.45) is 2.17. The van der Waals surface area contributed by atoms with E-state index in [2.05, 4.69) is 6.58 Å². The number of ether oxygens (including phenoxy) is 1. The molecule has 0 aliphatic heterocycles. The molecule has 0 heterocycles. The van der Waals surface area contributed by atoms with Crippen molar-refractivity contribution in [1.82, 2.24) is 0 Å². The van der Waals surface area contributed by atoms with Crippen LogP contribution >= 0.6 is 0 Å². The van der Waals surface area contributed by atoms with E-state index in [1.807, 2.05) is 0 Å². The summed E-state index contributed by atoms with van der Waals surface area (Å²) in [5.41, 5.74) is -0.740. The Labute approximate surface area is 119 Å². The molecule has 0 aromatic rings. The van der Waals surface area contributed by atoms with Crippen molar-refractivity contribution in [3.63, 3.8) is 0 Å². The van der Waals surface area contributed by atoms with Crippen molar-refractivity contribution < 1.29 is 69.1 Å². The maximum atomic E-state index is 11.9. The van der Waals surface area contributed by atoms with E-state index in [-0.39, 0.29) is 58.0 Å². The Morgan fingerprint density at radius 1 is 1.38 bits per heavy atom. The predicted molar refractivity (Wildman–Crippen MR) is 41.8 cm³/mol. The second-order valence-electron chi connectivity index (χ2n) is 3.19. The van der Waals surface area contributed by atoms with Crippen LogP contribution in [-0.4, -0.2) is 20.2 Å². The SMILES string of the molecule is C=C(COCC1CC1)[B-](F)(F)F.[K+]. The Bertz CT molecular complexity index is 179. The first-order chi connectivity index (χ1) is 5.50. The third-order valence-electron chi connectivity index (χ3n) is 1.80. The smallest absolute Gasteiger partial charge is 0.445 e. The van der Waals surface area contributed by atoms with Crippen LogP contribution in [0, 0.1) is 5.92 Å². The van der Waals surface area contributed by atoms with E-state index in [0.717, 1.165) is 12.8 Å². The standard InChI is InChI=1S/C7H11BF3O.K/c1-6(8(9,10)11)4-12-5-7-2-3-7;/h7H,1-5H2;/q-1;+1. The average molecular weight is 218 g/mol. The van der Waals surface area contributed by atoms with Gasteiger partial charge in [0.15, 0.2) is 0 Å². The molecule has 1 aliphatic carbocycles.